The third-order valence-corrected chi connectivity index (χ3v) is 4.78. The normalized spacial score (nSPS) is 18.3. The Bertz CT molecular complexity index is 751. The van der Waals surface area contributed by atoms with Gasteiger partial charge in [-0.1, -0.05) is 0 Å². The number of alkyl halides is 3. The molecule has 1 fully saturated rings. The molecular weight excluding hydrogens is 359 g/mol. The summed E-state index contributed by atoms with van der Waals surface area (Å²) in [6, 6.07) is 4.06. The molecule has 0 radical (unpaired) electrons. The van der Waals surface area contributed by atoms with E-state index in [0.29, 0.717) is 22.8 Å². The smallest absolute Gasteiger partial charge is 0.350 e. The number of aryl methyl sites for hydroxylation is 1. The van der Waals surface area contributed by atoms with Crippen molar-refractivity contribution < 1.29 is 27.5 Å². The van der Waals surface area contributed by atoms with E-state index in [9.17, 15) is 18.0 Å². The van der Waals surface area contributed by atoms with Crippen LogP contribution < -0.4 is 5.48 Å². The molecule has 0 bridgehead atoms. The van der Waals surface area contributed by atoms with Crippen LogP contribution in [0.1, 0.15) is 34.6 Å². The van der Waals surface area contributed by atoms with Crippen molar-refractivity contribution in [1.29, 1.82) is 0 Å². The fourth-order valence-electron chi connectivity index (χ4n) is 2.41. The summed E-state index contributed by atoms with van der Waals surface area (Å²) >= 11 is 1.06. The van der Waals surface area contributed by atoms with Crippen molar-refractivity contribution in [3.8, 4) is 10.6 Å². The predicted octanol–water partition coefficient (Wildman–Crippen LogP) is 3.36. The van der Waals surface area contributed by atoms with Crippen LogP contribution in [0, 0.1) is 0 Å². The second-order valence-corrected chi connectivity index (χ2v) is 6.63. The molecule has 1 amide bonds. The summed E-state index contributed by atoms with van der Waals surface area (Å²) in [7, 11) is 1.42. The number of nitrogens with one attached hydrogen (secondary N) is 1. The molecule has 2 aromatic heterocycles. The molecule has 25 heavy (non-hydrogen) atoms. The zero-order chi connectivity index (χ0) is 18.0. The Balaban J connectivity index is 1.67. The Morgan fingerprint density at radius 1 is 1.44 bits per heavy atom. The van der Waals surface area contributed by atoms with E-state index >= 15 is 0 Å². The second-order valence-electron chi connectivity index (χ2n) is 5.55. The van der Waals surface area contributed by atoms with Crippen LogP contribution in [0.25, 0.3) is 10.6 Å². The van der Waals surface area contributed by atoms with Crippen LogP contribution >= 0.6 is 11.3 Å². The monoisotopic (exact) mass is 375 g/mol. The number of rotatable bonds is 4. The van der Waals surface area contributed by atoms with Gasteiger partial charge in [0.25, 0.3) is 5.91 Å². The van der Waals surface area contributed by atoms with Crippen LogP contribution in [0.3, 0.4) is 0 Å². The molecule has 3 rings (SSSR count). The Hall–Kier alpha value is -1.91. The number of thiophene rings is 1. The maximum absolute atomic E-state index is 12.7. The highest BCUT2D eigenvalue weighted by molar-refractivity contribution is 7.17. The van der Waals surface area contributed by atoms with E-state index in [4.69, 9.17) is 9.57 Å². The summed E-state index contributed by atoms with van der Waals surface area (Å²) in [5, 5.41) is 3.47. The van der Waals surface area contributed by atoms with Crippen molar-refractivity contribution >= 4 is 17.2 Å². The molecular formula is C15H16F3N3O3S. The van der Waals surface area contributed by atoms with Gasteiger partial charge in [0.2, 0.25) is 0 Å². The second kappa shape index (κ2) is 7.14. The first-order valence-corrected chi connectivity index (χ1v) is 8.45. The van der Waals surface area contributed by atoms with Gasteiger partial charge in [0.05, 0.1) is 15.4 Å². The number of amides is 1. The van der Waals surface area contributed by atoms with Crippen LogP contribution in [0.2, 0.25) is 0 Å². The molecule has 1 aliphatic heterocycles. The Morgan fingerprint density at radius 2 is 2.24 bits per heavy atom. The maximum atomic E-state index is 12.7. The lowest BCUT2D eigenvalue weighted by Crippen LogP contribution is -2.32. The lowest BCUT2D eigenvalue weighted by molar-refractivity contribution is -0.186. The fourth-order valence-corrected chi connectivity index (χ4v) is 3.35. The number of aromatic nitrogens is 2. The van der Waals surface area contributed by atoms with Crippen LogP contribution in [-0.4, -0.2) is 28.6 Å². The molecule has 1 aliphatic rings. The fraction of sp³-hybridized carbons (Fsp3) is 0.467. The standard InChI is InChI=1S/C15H16F3N3O3S/c1-21-9(8-12(19-21)15(16,17)18)10-5-6-11(25-10)14(22)20-24-13-4-2-3-7-23-13/h5-6,8,13H,2-4,7H2,1H3,(H,20,22). The zero-order valence-corrected chi connectivity index (χ0v) is 14.1. The molecule has 1 unspecified atom stereocenters. The quantitative estimate of drug-likeness (QED) is 0.833. The van der Waals surface area contributed by atoms with Gasteiger partial charge >= 0.3 is 6.18 Å². The van der Waals surface area contributed by atoms with Crippen molar-refractivity contribution in [3.63, 3.8) is 0 Å². The van der Waals surface area contributed by atoms with Gasteiger partial charge in [-0.2, -0.15) is 18.3 Å². The first kappa shape index (κ1) is 17.9. The SMILES string of the molecule is Cn1nc(C(F)(F)F)cc1-c1ccc(C(=O)NOC2CCCCO2)s1. The van der Waals surface area contributed by atoms with Gasteiger partial charge < -0.3 is 4.74 Å². The van der Waals surface area contributed by atoms with Gasteiger partial charge in [-0.05, 0) is 31.0 Å². The lowest BCUT2D eigenvalue weighted by atomic mass is 10.2. The number of carbonyl (C=O) groups excluding carboxylic acids is 1. The lowest BCUT2D eigenvalue weighted by Gasteiger charge is -2.21. The topological polar surface area (TPSA) is 65.4 Å². The number of halogens is 3. The number of carbonyl (C=O) groups is 1. The molecule has 1 atom stereocenters. The van der Waals surface area contributed by atoms with E-state index in [-0.39, 0.29) is 5.69 Å². The van der Waals surface area contributed by atoms with Gasteiger partial charge in [-0.25, -0.2) is 10.3 Å². The molecule has 0 saturated carbocycles. The summed E-state index contributed by atoms with van der Waals surface area (Å²) in [6.07, 6.45) is -2.35. The van der Waals surface area contributed by atoms with E-state index in [0.717, 1.165) is 34.9 Å². The van der Waals surface area contributed by atoms with Crippen molar-refractivity contribution in [2.45, 2.75) is 31.7 Å². The summed E-state index contributed by atoms with van der Waals surface area (Å²) in [5.74, 6) is -0.469. The average Bonchev–Trinajstić information content (AvgIpc) is 3.19. The Kier molecular flexibility index (Phi) is 5.11. The molecule has 2 aromatic rings. The first-order valence-electron chi connectivity index (χ1n) is 7.63. The van der Waals surface area contributed by atoms with Crippen LogP contribution in [0.4, 0.5) is 13.2 Å². The highest BCUT2D eigenvalue weighted by Gasteiger charge is 2.34. The summed E-state index contributed by atoms with van der Waals surface area (Å²) in [4.78, 5) is 18.1. The number of ether oxygens (including phenoxy) is 1. The van der Waals surface area contributed by atoms with Crippen molar-refractivity contribution in [3.05, 3.63) is 28.8 Å². The largest absolute Gasteiger partial charge is 0.435 e. The van der Waals surface area contributed by atoms with Gasteiger partial charge in [0.15, 0.2) is 12.0 Å². The van der Waals surface area contributed by atoms with Gasteiger partial charge in [0, 0.05) is 20.1 Å². The van der Waals surface area contributed by atoms with E-state index < -0.39 is 24.1 Å². The zero-order valence-electron chi connectivity index (χ0n) is 13.3. The molecule has 10 heteroatoms. The molecule has 0 spiro atoms. The van der Waals surface area contributed by atoms with Crippen LogP contribution in [0.5, 0.6) is 0 Å². The van der Waals surface area contributed by atoms with Crippen LogP contribution in [0.15, 0.2) is 18.2 Å². The average molecular weight is 375 g/mol. The summed E-state index contributed by atoms with van der Waals surface area (Å²) in [5.41, 5.74) is 1.64. The number of hydroxylamine groups is 1. The minimum atomic E-state index is -4.51. The highest BCUT2D eigenvalue weighted by Crippen LogP contribution is 2.34. The minimum Gasteiger partial charge on any atom is -0.350 e. The van der Waals surface area contributed by atoms with Crippen molar-refractivity contribution in [1.82, 2.24) is 15.3 Å². The van der Waals surface area contributed by atoms with E-state index in [1.807, 2.05) is 0 Å². The maximum Gasteiger partial charge on any atom is 0.435 e. The van der Waals surface area contributed by atoms with Crippen molar-refractivity contribution in [2.24, 2.45) is 7.05 Å². The highest BCUT2D eigenvalue weighted by atomic mass is 32.1. The molecule has 0 aliphatic carbocycles. The first-order chi connectivity index (χ1) is 11.8. The molecule has 3 heterocycles. The number of hydrogen-bond acceptors (Lipinski definition) is 5. The summed E-state index contributed by atoms with van der Waals surface area (Å²) in [6.45, 7) is 0.589. The van der Waals surface area contributed by atoms with E-state index in [2.05, 4.69) is 10.6 Å². The van der Waals surface area contributed by atoms with Gasteiger partial charge in [0.1, 0.15) is 0 Å². The Morgan fingerprint density at radius 3 is 2.88 bits per heavy atom. The predicted molar refractivity (Wildman–Crippen MR) is 83.7 cm³/mol. The van der Waals surface area contributed by atoms with Crippen LogP contribution in [-0.2, 0) is 22.8 Å². The third-order valence-electron chi connectivity index (χ3n) is 3.67. The number of nitrogens with zero attached hydrogens (tertiary/aromatic N) is 2. The molecule has 6 nitrogen and oxygen atoms in total. The van der Waals surface area contributed by atoms with Crippen molar-refractivity contribution in [2.75, 3.05) is 6.61 Å². The molecule has 1 saturated heterocycles. The molecule has 1 N–H and O–H groups in total. The van der Waals surface area contributed by atoms with Gasteiger partial charge in [-0.3, -0.25) is 9.48 Å². The third kappa shape index (κ3) is 4.20. The van der Waals surface area contributed by atoms with Gasteiger partial charge in [-0.15, -0.1) is 11.3 Å². The molecule has 136 valence electrons. The summed E-state index contributed by atoms with van der Waals surface area (Å²) < 4.78 is 44.7. The molecule has 0 aromatic carbocycles. The number of hydrogen-bond donors (Lipinski definition) is 1. The minimum absolute atomic E-state index is 0.285. The Labute approximate surface area is 145 Å². The van der Waals surface area contributed by atoms with E-state index in [1.54, 1.807) is 6.07 Å². The van der Waals surface area contributed by atoms with E-state index in [1.165, 1.54) is 13.1 Å².